The molecule has 98 valence electrons. The van der Waals surface area contributed by atoms with Crippen LogP contribution in [0.15, 0.2) is 0 Å². The SMILES string of the molecule is CCNC(C(CC)CC)C(OCC)C(C)C. The maximum atomic E-state index is 5.94. The Bertz CT molecular complexity index is 155. The zero-order chi connectivity index (χ0) is 12.6. The van der Waals surface area contributed by atoms with Crippen molar-refractivity contribution in [2.24, 2.45) is 11.8 Å². The molecule has 0 amide bonds. The number of ether oxygens (including phenoxy) is 1. The summed E-state index contributed by atoms with van der Waals surface area (Å²) in [5.74, 6) is 1.29. The van der Waals surface area contributed by atoms with E-state index >= 15 is 0 Å². The summed E-state index contributed by atoms with van der Waals surface area (Å²) in [4.78, 5) is 0. The lowest BCUT2D eigenvalue weighted by atomic mass is 9.85. The highest BCUT2D eigenvalue weighted by molar-refractivity contribution is 4.84. The summed E-state index contributed by atoms with van der Waals surface area (Å²) in [6.07, 6.45) is 2.80. The average molecular weight is 229 g/mol. The van der Waals surface area contributed by atoms with Crippen LogP contribution in [0.25, 0.3) is 0 Å². The molecule has 0 aromatic carbocycles. The smallest absolute Gasteiger partial charge is 0.0753 e. The molecule has 2 heteroatoms. The molecule has 0 aliphatic rings. The Labute approximate surface area is 102 Å². The number of likely N-dealkylation sites (N-methyl/N-ethyl adjacent to an activating group) is 1. The zero-order valence-corrected chi connectivity index (χ0v) is 12.0. The van der Waals surface area contributed by atoms with Crippen molar-refractivity contribution in [2.45, 2.75) is 66.5 Å². The van der Waals surface area contributed by atoms with Gasteiger partial charge in [-0.25, -0.2) is 0 Å². The van der Waals surface area contributed by atoms with Crippen LogP contribution in [-0.4, -0.2) is 25.3 Å². The van der Waals surface area contributed by atoms with Crippen LogP contribution in [0, 0.1) is 11.8 Å². The lowest BCUT2D eigenvalue weighted by Gasteiger charge is -2.35. The molecule has 0 aliphatic carbocycles. The number of rotatable bonds is 9. The monoisotopic (exact) mass is 229 g/mol. The van der Waals surface area contributed by atoms with Crippen molar-refractivity contribution in [3.05, 3.63) is 0 Å². The van der Waals surface area contributed by atoms with Gasteiger partial charge in [0.05, 0.1) is 6.10 Å². The molecular weight excluding hydrogens is 198 g/mol. The molecule has 2 unspecified atom stereocenters. The lowest BCUT2D eigenvalue weighted by Crippen LogP contribution is -2.48. The van der Waals surface area contributed by atoms with Crippen molar-refractivity contribution in [2.75, 3.05) is 13.2 Å². The predicted molar refractivity (Wildman–Crippen MR) is 71.8 cm³/mol. The highest BCUT2D eigenvalue weighted by Gasteiger charge is 2.29. The van der Waals surface area contributed by atoms with Crippen LogP contribution in [0.4, 0.5) is 0 Å². The fraction of sp³-hybridized carbons (Fsp3) is 1.00. The Morgan fingerprint density at radius 2 is 1.56 bits per heavy atom. The van der Waals surface area contributed by atoms with E-state index in [4.69, 9.17) is 4.74 Å². The first kappa shape index (κ1) is 15.9. The van der Waals surface area contributed by atoms with E-state index in [1.165, 1.54) is 12.8 Å². The third-order valence-corrected chi connectivity index (χ3v) is 3.37. The van der Waals surface area contributed by atoms with E-state index in [2.05, 4.69) is 46.9 Å². The lowest BCUT2D eigenvalue weighted by molar-refractivity contribution is -0.0126. The van der Waals surface area contributed by atoms with Gasteiger partial charge in [0.25, 0.3) is 0 Å². The second kappa shape index (κ2) is 9.00. The second-order valence-corrected chi connectivity index (χ2v) is 4.82. The molecule has 16 heavy (non-hydrogen) atoms. The fourth-order valence-electron chi connectivity index (χ4n) is 2.49. The van der Waals surface area contributed by atoms with Crippen LogP contribution >= 0.6 is 0 Å². The molecule has 1 N–H and O–H groups in total. The average Bonchev–Trinajstić information content (AvgIpc) is 2.26. The molecule has 0 fully saturated rings. The van der Waals surface area contributed by atoms with E-state index in [1.54, 1.807) is 0 Å². The predicted octanol–water partition coefficient (Wildman–Crippen LogP) is 3.46. The first-order valence-corrected chi connectivity index (χ1v) is 6.97. The Morgan fingerprint density at radius 3 is 1.88 bits per heavy atom. The molecule has 0 aromatic rings. The van der Waals surface area contributed by atoms with Gasteiger partial charge in [0.1, 0.15) is 0 Å². The molecule has 0 heterocycles. The minimum atomic E-state index is 0.342. The summed E-state index contributed by atoms with van der Waals surface area (Å²) in [7, 11) is 0. The molecule has 0 aliphatic heterocycles. The minimum Gasteiger partial charge on any atom is -0.377 e. The molecule has 0 rings (SSSR count). The normalized spacial score (nSPS) is 15.8. The summed E-state index contributed by atoms with van der Waals surface area (Å²) in [5, 5.41) is 3.63. The quantitative estimate of drug-likeness (QED) is 0.654. The fourth-order valence-corrected chi connectivity index (χ4v) is 2.49. The van der Waals surface area contributed by atoms with Crippen molar-refractivity contribution in [3.8, 4) is 0 Å². The Kier molecular flexibility index (Phi) is 8.96. The van der Waals surface area contributed by atoms with E-state index in [1.807, 2.05) is 0 Å². The van der Waals surface area contributed by atoms with Gasteiger partial charge in [0.2, 0.25) is 0 Å². The number of hydrogen-bond donors (Lipinski definition) is 1. The first-order chi connectivity index (χ1) is 7.62. The van der Waals surface area contributed by atoms with Crippen molar-refractivity contribution < 1.29 is 4.74 Å². The van der Waals surface area contributed by atoms with Crippen molar-refractivity contribution in [1.82, 2.24) is 5.32 Å². The maximum Gasteiger partial charge on any atom is 0.0753 e. The summed E-state index contributed by atoms with van der Waals surface area (Å²) in [6.45, 7) is 15.2. The first-order valence-electron chi connectivity index (χ1n) is 6.97. The maximum absolute atomic E-state index is 5.94. The molecule has 0 saturated heterocycles. The number of hydrogen-bond acceptors (Lipinski definition) is 2. The largest absolute Gasteiger partial charge is 0.377 e. The van der Waals surface area contributed by atoms with E-state index in [-0.39, 0.29) is 0 Å². The van der Waals surface area contributed by atoms with Crippen molar-refractivity contribution in [3.63, 3.8) is 0 Å². The molecule has 0 radical (unpaired) electrons. The summed E-state index contributed by atoms with van der Waals surface area (Å²) in [6, 6.07) is 0.500. The van der Waals surface area contributed by atoms with Gasteiger partial charge in [-0.15, -0.1) is 0 Å². The van der Waals surface area contributed by atoms with Crippen molar-refractivity contribution in [1.29, 1.82) is 0 Å². The van der Waals surface area contributed by atoms with Gasteiger partial charge in [-0.3, -0.25) is 0 Å². The second-order valence-electron chi connectivity index (χ2n) is 4.82. The van der Waals surface area contributed by atoms with Gasteiger partial charge in [-0.1, -0.05) is 47.5 Å². The van der Waals surface area contributed by atoms with Crippen LogP contribution < -0.4 is 5.32 Å². The van der Waals surface area contributed by atoms with Gasteiger partial charge in [-0.05, 0) is 25.3 Å². The molecule has 2 atom stereocenters. The highest BCUT2D eigenvalue weighted by Crippen LogP contribution is 2.22. The van der Waals surface area contributed by atoms with E-state index in [0.29, 0.717) is 18.1 Å². The van der Waals surface area contributed by atoms with E-state index in [9.17, 15) is 0 Å². The molecular formula is C14H31NO. The zero-order valence-electron chi connectivity index (χ0n) is 12.0. The third-order valence-electron chi connectivity index (χ3n) is 3.37. The van der Waals surface area contributed by atoms with Crippen LogP contribution in [0.2, 0.25) is 0 Å². The summed E-state index contributed by atoms with van der Waals surface area (Å²) < 4.78 is 5.94. The van der Waals surface area contributed by atoms with E-state index < -0.39 is 0 Å². The molecule has 0 bridgehead atoms. The Balaban J connectivity index is 4.66. The highest BCUT2D eigenvalue weighted by atomic mass is 16.5. The number of nitrogens with one attached hydrogen (secondary N) is 1. The molecule has 0 saturated carbocycles. The van der Waals surface area contributed by atoms with Gasteiger partial charge in [0.15, 0.2) is 0 Å². The van der Waals surface area contributed by atoms with Crippen molar-refractivity contribution >= 4 is 0 Å². The Morgan fingerprint density at radius 1 is 1.00 bits per heavy atom. The topological polar surface area (TPSA) is 21.3 Å². The Hall–Kier alpha value is -0.0800. The van der Waals surface area contributed by atoms with Crippen LogP contribution in [0.3, 0.4) is 0 Å². The van der Waals surface area contributed by atoms with E-state index in [0.717, 1.165) is 19.1 Å². The van der Waals surface area contributed by atoms with Crippen LogP contribution in [0.1, 0.15) is 54.4 Å². The van der Waals surface area contributed by atoms with Gasteiger partial charge < -0.3 is 10.1 Å². The van der Waals surface area contributed by atoms with Gasteiger partial charge >= 0.3 is 0 Å². The summed E-state index contributed by atoms with van der Waals surface area (Å²) in [5.41, 5.74) is 0. The van der Waals surface area contributed by atoms with Gasteiger partial charge in [0, 0.05) is 12.6 Å². The summed E-state index contributed by atoms with van der Waals surface area (Å²) >= 11 is 0. The molecule has 0 aromatic heterocycles. The molecule has 2 nitrogen and oxygen atoms in total. The van der Waals surface area contributed by atoms with Crippen LogP contribution in [-0.2, 0) is 4.74 Å². The van der Waals surface area contributed by atoms with Gasteiger partial charge in [-0.2, -0.15) is 0 Å². The third kappa shape index (κ3) is 4.84. The minimum absolute atomic E-state index is 0.342. The van der Waals surface area contributed by atoms with Crippen LogP contribution in [0.5, 0.6) is 0 Å². The molecule has 0 spiro atoms. The standard InChI is InChI=1S/C14H31NO/c1-7-12(8-2)13(15-9-3)14(11(5)6)16-10-4/h11-15H,7-10H2,1-6H3.